The molecule has 1 saturated heterocycles. The number of nitrogens with two attached hydrogens (primary N) is 1. The molecule has 0 aliphatic carbocycles. The summed E-state index contributed by atoms with van der Waals surface area (Å²) in [4.78, 5) is 11.1. The van der Waals surface area contributed by atoms with Gasteiger partial charge in [0.05, 0.1) is 16.5 Å². The predicted molar refractivity (Wildman–Crippen MR) is 78.1 cm³/mol. The average Bonchev–Trinajstić information content (AvgIpc) is 2.96. The number of imidazole rings is 1. The van der Waals surface area contributed by atoms with Crippen molar-refractivity contribution < 1.29 is 0 Å². The fourth-order valence-electron chi connectivity index (χ4n) is 2.55. The highest BCUT2D eigenvalue weighted by molar-refractivity contribution is 9.10. The minimum atomic E-state index is 0.0869. The van der Waals surface area contributed by atoms with Crippen LogP contribution >= 0.6 is 15.9 Å². The summed E-state index contributed by atoms with van der Waals surface area (Å²) < 4.78 is 2.96. The average molecular weight is 322 g/mol. The second kappa shape index (κ2) is 4.94. The van der Waals surface area contributed by atoms with Crippen LogP contribution in [-0.2, 0) is 7.05 Å². The lowest BCUT2D eigenvalue weighted by Gasteiger charge is -2.18. The van der Waals surface area contributed by atoms with Crippen molar-refractivity contribution in [3.05, 3.63) is 41.0 Å². The molecule has 3 rings (SSSR count). The fraction of sp³-hybridized carbons (Fsp3) is 0.385. The van der Waals surface area contributed by atoms with Gasteiger partial charge in [-0.2, -0.15) is 0 Å². The van der Waals surface area contributed by atoms with Gasteiger partial charge in [0.2, 0.25) is 0 Å². The van der Waals surface area contributed by atoms with Crippen LogP contribution in [0.1, 0.15) is 11.6 Å². The summed E-state index contributed by atoms with van der Waals surface area (Å²) in [6.07, 6.45) is 5.67. The molecule has 2 N–H and O–H groups in total. The minimum absolute atomic E-state index is 0.0869. The van der Waals surface area contributed by atoms with E-state index in [1.807, 2.05) is 36.3 Å². The van der Waals surface area contributed by atoms with E-state index in [0.29, 0.717) is 0 Å². The van der Waals surface area contributed by atoms with Crippen LogP contribution < -0.4 is 10.6 Å². The van der Waals surface area contributed by atoms with Crippen molar-refractivity contribution in [1.82, 2.24) is 14.5 Å². The maximum atomic E-state index is 6.26. The Labute approximate surface area is 120 Å². The van der Waals surface area contributed by atoms with Gasteiger partial charge in [-0.05, 0) is 28.1 Å². The van der Waals surface area contributed by atoms with Gasteiger partial charge in [0.25, 0.3) is 0 Å². The summed E-state index contributed by atoms with van der Waals surface area (Å²) in [6, 6.07) is 4.01. The number of halogens is 1. The van der Waals surface area contributed by atoms with Crippen LogP contribution in [0.25, 0.3) is 0 Å². The van der Waals surface area contributed by atoms with Crippen LogP contribution in [0.5, 0.6) is 0 Å². The van der Waals surface area contributed by atoms with E-state index in [1.54, 1.807) is 6.20 Å². The summed E-state index contributed by atoms with van der Waals surface area (Å²) in [5, 5.41) is 0. The Morgan fingerprint density at radius 2 is 2.21 bits per heavy atom. The molecule has 0 aromatic carbocycles. The zero-order valence-electron chi connectivity index (χ0n) is 10.7. The SMILES string of the molecule is Cn1cnc([C@@H]2CN(c3ncccc3Br)C[C@H]2N)c1. The molecule has 0 amide bonds. The van der Waals surface area contributed by atoms with E-state index >= 15 is 0 Å². The van der Waals surface area contributed by atoms with E-state index in [-0.39, 0.29) is 12.0 Å². The van der Waals surface area contributed by atoms with Gasteiger partial charge in [0.1, 0.15) is 5.82 Å². The van der Waals surface area contributed by atoms with Crippen molar-refractivity contribution in [2.75, 3.05) is 18.0 Å². The van der Waals surface area contributed by atoms with Crippen LogP contribution in [0.4, 0.5) is 5.82 Å². The first-order valence-electron chi connectivity index (χ1n) is 6.24. The molecule has 1 aliphatic rings. The third-order valence-corrected chi connectivity index (χ3v) is 4.13. The van der Waals surface area contributed by atoms with Crippen LogP contribution in [0.3, 0.4) is 0 Å². The molecule has 2 atom stereocenters. The molecule has 0 unspecified atom stereocenters. The van der Waals surface area contributed by atoms with E-state index in [4.69, 9.17) is 5.73 Å². The first-order chi connectivity index (χ1) is 9.15. The summed E-state index contributed by atoms with van der Waals surface area (Å²) >= 11 is 3.54. The smallest absolute Gasteiger partial charge is 0.142 e. The monoisotopic (exact) mass is 321 g/mol. The Hall–Kier alpha value is -1.40. The Kier molecular flexibility index (Phi) is 3.28. The highest BCUT2D eigenvalue weighted by Gasteiger charge is 2.33. The van der Waals surface area contributed by atoms with Crippen LogP contribution in [0.2, 0.25) is 0 Å². The Morgan fingerprint density at radius 1 is 1.37 bits per heavy atom. The van der Waals surface area contributed by atoms with E-state index < -0.39 is 0 Å². The standard InChI is InChI=1S/C13H16BrN5/c1-18-7-12(17-8-18)9-5-19(6-11(9)15)13-10(14)3-2-4-16-13/h2-4,7-9,11H,5-6,15H2,1H3/t9-,11-/m1/s1. The summed E-state index contributed by atoms with van der Waals surface area (Å²) in [5.74, 6) is 1.21. The molecule has 3 heterocycles. The molecule has 0 radical (unpaired) electrons. The molecule has 1 fully saturated rings. The number of aryl methyl sites for hydroxylation is 1. The first kappa shape index (κ1) is 12.6. The molecule has 2 aromatic heterocycles. The molecule has 100 valence electrons. The topological polar surface area (TPSA) is 60.0 Å². The molecular weight excluding hydrogens is 306 g/mol. The van der Waals surface area contributed by atoms with Gasteiger partial charge in [0, 0.05) is 44.5 Å². The van der Waals surface area contributed by atoms with Gasteiger partial charge < -0.3 is 15.2 Å². The van der Waals surface area contributed by atoms with E-state index in [9.17, 15) is 0 Å². The lowest BCUT2D eigenvalue weighted by atomic mass is 10.0. The number of rotatable bonds is 2. The highest BCUT2D eigenvalue weighted by Crippen LogP contribution is 2.31. The molecule has 5 nitrogen and oxygen atoms in total. The summed E-state index contributed by atoms with van der Waals surface area (Å²) in [5.41, 5.74) is 7.32. The lowest BCUT2D eigenvalue weighted by Crippen LogP contribution is -2.29. The zero-order valence-corrected chi connectivity index (χ0v) is 12.3. The van der Waals surface area contributed by atoms with Crippen molar-refractivity contribution in [3.63, 3.8) is 0 Å². The first-order valence-corrected chi connectivity index (χ1v) is 7.03. The molecule has 0 saturated carbocycles. The molecule has 0 bridgehead atoms. The second-order valence-electron chi connectivity index (χ2n) is 4.95. The quantitative estimate of drug-likeness (QED) is 0.910. The fourth-order valence-corrected chi connectivity index (χ4v) is 3.06. The van der Waals surface area contributed by atoms with Crippen molar-refractivity contribution in [2.45, 2.75) is 12.0 Å². The summed E-state index contributed by atoms with van der Waals surface area (Å²) in [7, 11) is 1.98. The van der Waals surface area contributed by atoms with Crippen molar-refractivity contribution in [3.8, 4) is 0 Å². The van der Waals surface area contributed by atoms with E-state index in [1.165, 1.54) is 0 Å². The third kappa shape index (κ3) is 2.37. The van der Waals surface area contributed by atoms with Gasteiger partial charge in [0.15, 0.2) is 0 Å². The lowest BCUT2D eigenvalue weighted by molar-refractivity contribution is 0.639. The molecule has 2 aromatic rings. The third-order valence-electron chi connectivity index (χ3n) is 3.51. The van der Waals surface area contributed by atoms with E-state index in [0.717, 1.165) is 29.1 Å². The molecule has 19 heavy (non-hydrogen) atoms. The van der Waals surface area contributed by atoms with Crippen molar-refractivity contribution in [1.29, 1.82) is 0 Å². The highest BCUT2D eigenvalue weighted by atomic mass is 79.9. The van der Waals surface area contributed by atoms with Crippen LogP contribution in [0.15, 0.2) is 35.3 Å². The maximum Gasteiger partial charge on any atom is 0.142 e. The van der Waals surface area contributed by atoms with Crippen molar-refractivity contribution >= 4 is 21.7 Å². The molecular formula is C13H16BrN5. The van der Waals surface area contributed by atoms with Gasteiger partial charge in [-0.25, -0.2) is 9.97 Å². The van der Waals surface area contributed by atoms with Gasteiger partial charge in [-0.15, -0.1) is 0 Å². The zero-order chi connectivity index (χ0) is 13.4. The Balaban J connectivity index is 1.84. The summed E-state index contributed by atoms with van der Waals surface area (Å²) in [6.45, 7) is 1.66. The molecule has 1 aliphatic heterocycles. The number of aromatic nitrogens is 3. The van der Waals surface area contributed by atoms with E-state index in [2.05, 4.69) is 30.8 Å². The molecule has 0 spiro atoms. The number of pyridine rings is 1. The molecule has 6 heteroatoms. The number of hydrogen-bond donors (Lipinski definition) is 1. The maximum absolute atomic E-state index is 6.26. The number of anilines is 1. The minimum Gasteiger partial charge on any atom is -0.353 e. The van der Waals surface area contributed by atoms with Gasteiger partial charge in [-0.3, -0.25) is 0 Å². The van der Waals surface area contributed by atoms with Crippen LogP contribution in [0, 0.1) is 0 Å². The van der Waals surface area contributed by atoms with Gasteiger partial charge >= 0.3 is 0 Å². The normalized spacial score (nSPS) is 23.0. The Morgan fingerprint density at radius 3 is 2.89 bits per heavy atom. The largest absolute Gasteiger partial charge is 0.353 e. The number of nitrogens with zero attached hydrogens (tertiary/aromatic N) is 4. The van der Waals surface area contributed by atoms with Crippen molar-refractivity contribution in [2.24, 2.45) is 12.8 Å². The Bertz CT molecular complexity index is 582. The van der Waals surface area contributed by atoms with Gasteiger partial charge in [-0.1, -0.05) is 0 Å². The van der Waals surface area contributed by atoms with Crippen LogP contribution in [-0.4, -0.2) is 33.7 Å². The number of hydrogen-bond acceptors (Lipinski definition) is 4. The second-order valence-corrected chi connectivity index (χ2v) is 5.80. The predicted octanol–water partition coefficient (Wildman–Crippen LogP) is 1.51.